The second kappa shape index (κ2) is 13.2. The lowest BCUT2D eigenvalue weighted by Crippen LogP contribution is -2.16. The number of hydrogen-bond donors (Lipinski definition) is 0. The Morgan fingerprint density at radius 3 is 2.03 bits per heavy atom. The maximum atomic E-state index is 6.37. The van der Waals surface area contributed by atoms with Crippen LogP contribution in [0.2, 0.25) is 0 Å². The van der Waals surface area contributed by atoms with Gasteiger partial charge in [0.05, 0.1) is 11.1 Å². The first-order valence-electron chi connectivity index (χ1n) is 20.5. The third-order valence-electron chi connectivity index (χ3n) is 12.5. The summed E-state index contributed by atoms with van der Waals surface area (Å²) in [5.41, 5.74) is 17.2. The van der Waals surface area contributed by atoms with E-state index in [1.807, 2.05) is 42.5 Å². The summed E-state index contributed by atoms with van der Waals surface area (Å²) >= 11 is 0. The van der Waals surface area contributed by atoms with Crippen LogP contribution in [-0.2, 0) is 5.41 Å². The van der Waals surface area contributed by atoms with Crippen molar-refractivity contribution in [1.29, 1.82) is 0 Å². The lowest BCUT2D eigenvalue weighted by molar-refractivity contribution is 0.619. The van der Waals surface area contributed by atoms with E-state index in [4.69, 9.17) is 13.8 Å². The first kappa shape index (κ1) is 34.4. The van der Waals surface area contributed by atoms with Crippen molar-refractivity contribution in [3.05, 3.63) is 205 Å². The summed E-state index contributed by atoms with van der Waals surface area (Å²) in [7, 11) is 0. The van der Waals surface area contributed by atoms with Crippen molar-refractivity contribution in [1.82, 2.24) is 4.98 Å². The Balaban J connectivity index is 1.00. The van der Waals surface area contributed by atoms with Crippen molar-refractivity contribution < 1.29 is 8.83 Å². The van der Waals surface area contributed by atoms with Crippen LogP contribution >= 0.6 is 0 Å². The van der Waals surface area contributed by atoms with Crippen LogP contribution in [0.3, 0.4) is 0 Å². The number of aromatic nitrogens is 1. The third-order valence-corrected chi connectivity index (χ3v) is 12.5. The Labute approximate surface area is 347 Å². The highest BCUT2D eigenvalue weighted by atomic mass is 16.4. The predicted molar refractivity (Wildman–Crippen MR) is 247 cm³/mol. The molecule has 9 aromatic carbocycles. The minimum Gasteiger partial charge on any atom is -0.456 e. The Morgan fingerprint density at radius 1 is 0.450 bits per heavy atom. The third kappa shape index (κ3) is 5.27. The van der Waals surface area contributed by atoms with Gasteiger partial charge in [0.2, 0.25) is 5.89 Å². The van der Waals surface area contributed by atoms with Crippen molar-refractivity contribution in [2.45, 2.75) is 19.3 Å². The topological polar surface area (TPSA) is 42.4 Å². The Bertz CT molecular complexity index is 3460. The van der Waals surface area contributed by atoms with Crippen LogP contribution in [-0.4, -0.2) is 4.98 Å². The van der Waals surface area contributed by atoms with E-state index in [9.17, 15) is 0 Å². The zero-order valence-corrected chi connectivity index (χ0v) is 33.2. The number of rotatable bonds is 6. The molecule has 0 atom stereocenters. The summed E-state index contributed by atoms with van der Waals surface area (Å²) < 4.78 is 12.6. The molecule has 0 saturated carbocycles. The normalized spacial score (nSPS) is 13.0. The predicted octanol–water partition coefficient (Wildman–Crippen LogP) is 15.7. The summed E-state index contributed by atoms with van der Waals surface area (Å²) in [5, 5.41) is 4.45. The number of hydrogen-bond acceptors (Lipinski definition) is 4. The van der Waals surface area contributed by atoms with Gasteiger partial charge < -0.3 is 13.7 Å². The van der Waals surface area contributed by atoms with Crippen LogP contribution in [0, 0.1) is 0 Å². The molecule has 0 aliphatic heterocycles. The van der Waals surface area contributed by atoms with Gasteiger partial charge in [0.25, 0.3) is 0 Å². The number of furan rings is 1. The summed E-state index contributed by atoms with van der Waals surface area (Å²) in [4.78, 5) is 7.42. The molecule has 1 aliphatic carbocycles. The molecule has 284 valence electrons. The van der Waals surface area contributed by atoms with Crippen LogP contribution in [0.15, 0.2) is 203 Å². The van der Waals surface area contributed by atoms with E-state index in [1.54, 1.807) is 0 Å². The maximum absolute atomic E-state index is 6.37. The Kier molecular flexibility index (Phi) is 7.54. The zero-order valence-electron chi connectivity index (χ0n) is 33.2. The molecular weight excluding hydrogens is 733 g/mol. The van der Waals surface area contributed by atoms with Crippen molar-refractivity contribution in [3.63, 3.8) is 0 Å². The van der Waals surface area contributed by atoms with Gasteiger partial charge in [0, 0.05) is 33.3 Å². The number of oxazole rings is 1. The van der Waals surface area contributed by atoms with Crippen LogP contribution in [0.5, 0.6) is 0 Å². The molecule has 60 heavy (non-hydrogen) atoms. The SMILES string of the molecule is CC1(C)c2ccccc2-c2c(N(c3ccc(-c4ccc5oc6ccc7oc(-c8ccccc8)nc7c6c5c4)cc3)c3cccc(-c4cccc5ccccc45)c3)cccc21. The van der Waals surface area contributed by atoms with Crippen molar-refractivity contribution in [3.8, 4) is 44.8 Å². The number of fused-ring (bicyclic) bond motifs is 9. The molecule has 0 radical (unpaired) electrons. The molecule has 11 aromatic rings. The first-order valence-corrected chi connectivity index (χ1v) is 20.5. The highest BCUT2D eigenvalue weighted by molar-refractivity contribution is 6.17. The second-order valence-corrected chi connectivity index (χ2v) is 16.3. The second-order valence-electron chi connectivity index (χ2n) is 16.3. The van der Waals surface area contributed by atoms with E-state index < -0.39 is 0 Å². The minimum atomic E-state index is -0.126. The molecule has 0 fully saturated rings. The van der Waals surface area contributed by atoms with Crippen LogP contribution in [0.25, 0.3) is 88.6 Å². The van der Waals surface area contributed by atoms with Gasteiger partial charge in [-0.15, -0.1) is 0 Å². The molecule has 0 spiro atoms. The largest absolute Gasteiger partial charge is 0.456 e. The molecule has 2 aromatic heterocycles. The molecule has 0 amide bonds. The van der Waals surface area contributed by atoms with Gasteiger partial charge in [-0.2, -0.15) is 0 Å². The van der Waals surface area contributed by atoms with Gasteiger partial charge in [-0.25, -0.2) is 4.98 Å². The van der Waals surface area contributed by atoms with E-state index in [-0.39, 0.29) is 5.41 Å². The molecule has 0 bridgehead atoms. The van der Waals surface area contributed by atoms with Crippen LogP contribution in [0.4, 0.5) is 17.1 Å². The van der Waals surface area contributed by atoms with Crippen molar-refractivity contribution in [2.24, 2.45) is 0 Å². The quantitative estimate of drug-likeness (QED) is 0.169. The average Bonchev–Trinajstić information content (AvgIpc) is 3.97. The highest BCUT2D eigenvalue weighted by Gasteiger charge is 2.37. The van der Waals surface area contributed by atoms with Gasteiger partial charge in [0.1, 0.15) is 16.7 Å². The number of benzene rings is 9. The van der Waals surface area contributed by atoms with Crippen LogP contribution in [0.1, 0.15) is 25.0 Å². The van der Waals surface area contributed by atoms with E-state index in [0.717, 1.165) is 66.8 Å². The molecular formula is C56H38N2O2. The van der Waals surface area contributed by atoms with Gasteiger partial charge in [-0.3, -0.25) is 0 Å². The van der Waals surface area contributed by atoms with E-state index in [2.05, 4.69) is 170 Å². The smallest absolute Gasteiger partial charge is 0.227 e. The van der Waals surface area contributed by atoms with E-state index in [0.29, 0.717) is 5.89 Å². The molecule has 12 rings (SSSR count). The number of nitrogens with zero attached hydrogens (tertiary/aromatic N) is 2. The highest BCUT2D eigenvalue weighted by Crippen LogP contribution is 2.54. The Hall–Kier alpha value is -7.69. The standard InChI is InChI=1S/C56H38N2O2/c1-56(2)46-22-9-8-20-44(46)52-47(56)23-12-24-48(52)58(41-18-10-17-39(33-41)43-21-11-16-36-13-6-7-19-42(36)43)40-28-25-35(26-29-40)38-27-30-49-45(34-38)53-50(59-49)31-32-51-54(53)57-55(60-51)37-14-4-3-5-15-37/h3-34H,1-2H3. The summed E-state index contributed by atoms with van der Waals surface area (Å²) in [6, 6.07) is 69.3. The van der Waals surface area contributed by atoms with Gasteiger partial charge in [-0.05, 0) is 116 Å². The monoisotopic (exact) mass is 770 g/mol. The fourth-order valence-corrected chi connectivity index (χ4v) is 9.58. The summed E-state index contributed by atoms with van der Waals surface area (Å²) in [6.45, 7) is 4.69. The van der Waals surface area contributed by atoms with E-state index in [1.165, 1.54) is 44.2 Å². The molecule has 1 aliphatic rings. The Morgan fingerprint density at radius 2 is 1.13 bits per heavy atom. The van der Waals surface area contributed by atoms with Gasteiger partial charge in [0.15, 0.2) is 5.58 Å². The zero-order chi connectivity index (χ0) is 40.0. The van der Waals surface area contributed by atoms with Gasteiger partial charge >= 0.3 is 0 Å². The molecule has 0 unspecified atom stereocenters. The molecule has 0 N–H and O–H groups in total. The number of anilines is 3. The van der Waals surface area contributed by atoms with E-state index >= 15 is 0 Å². The molecule has 4 nitrogen and oxygen atoms in total. The first-order chi connectivity index (χ1) is 29.5. The van der Waals surface area contributed by atoms with Crippen molar-refractivity contribution >= 4 is 60.9 Å². The maximum Gasteiger partial charge on any atom is 0.227 e. The molecule has 4 heteroatoms. The molecule has 0 saturated heterocycles. The van der Waals surface area contributed by atoms with Crippen LogP contribution < -0.4 is 4.90 Å². The summed E-state index contributed by atoms with van der Waals surface area (Å²) in [6.07, 6.45) is 0. The van der Waals surface area contributed by atoms with Crippen molar-refractivity contribution in [2.75, 3.05) is 4.90 Å². The molecule has 2 heterocycles. The minimum absolute atomic E-state index is 0.126. The lowest BCUT2D eigenvalue weighted by atomic mass is 9.82. The fourth-order valence-electron chi connectivity index (χ4n) is 9.58. The fraction of sp³-hybridized carbons (Fsp3) is 0.0536. The average molecular weight is 771 g/mol. The van der Waals surface area contributed by atoms with Gasteiger partial charge in [-0.1, -0.05) is 141 Å². The summed E-state index contributed by atoms with van der Waals surface area (Å²) in [5.74, 6) is 0.600. The lowest BCUT2D eigenvalue weighted by Gasteiger charge is -2.29.